The normalized spacial score (nSPS) is 46.2. The third-order valence-electron chi connectivity index (χ3n) is 8.14. The summed E-state index contributed by atoms with van der Waals surface area (Å²) < 4.78 is 17.5. The number of benzene rings is 1. The molecule has 2 aliphatic carbocycles. The Labute approximate surface area is 183 Å². The predicted molar refractivity (Wildman–Crippen MR) is 106 cm³/mol. The molecule has 3 heterocycles. The molecule has 1 aromatic rings. The lowest BCUT2D eigenvalue weighted by Gasteiger charge is -2.56. The first-order chi connectivity index (χ1) is 15.3. The third-order valence-corrected chi connectivity index (χ3v) is 8.14. The highest BCUT2D eigenvalue weighted by molar-refractivity contribution is 5.73. The summed E-state index contributed by atoms with van der Waals surface area (Å²) in [6, 6.07) is 3.95. The minimum Gasteiger partial charge on any atom is -0.483 e. The average molecular weight is 449 g/mol. The number of hydrogen-bond donors (Lipinski definition) is 6. The van der Waals surface area contributed by atoms with Crippen molar-refractivity contribution in [3.8, 4) is 11.5 Å². The lowest BCUT2D eigenvalue weighted by molar-refractivity contribution is -0.271. The molecule has 6 rings (SSSR count). The molecule has 8 unspecified atom stereocenters. The molecule has 2 saturated heterocycles. The van der Waals surface area contributed by atoms with E-state index in [1.165, 1.54) is 0 Å². The first-order valence-electron chi connectivity index (χ1n) is 11.2. The molecule has 6 N–H and O–H groups in total. The van der Waals surface area contributed by atoms with Gasteiger partial charge in [0.15, 0.2) is 17.6 Å². The van der Waals surface area contributed by atoms with Crippen LogP contribution >= 0.6 is 0 Å². The molecular formula is C22H27NO9. The van der Waals surface area contributed by atoms with Crippen LogP contribution in [0.1, 0.15) is 30.4 Å². The number of carboxylic acid groups (broad SMARTS) is 1. The van der Waals surface area contributed by atoms with E-state index in [0.29, 0.717) is 24.1 Å². The number of hydrogen-bond acceptors (Lipinski definition) is 9. The zero-order valence-electron chi connectivity index (χ0n) is 17.3. The van der Waals surface area contributed by atoms with Crippen LogP contribution in [0.5, 0.6) is 11.5 Å². The van der Waals surface area contributed by atoms with Gasteiger partial charge in [-0.15, -0.1) is 0 Å². The van der Waals surface area contributed by atoms with Crippen LogP contribution in [-0.4, -0.2) is 87.0 Å². The lowest BCUT2D eigenvalue weighted by atomic mass is 9.52. The Morgan fingerprint density at radius 1 is 1.12 bits per heavy atom. The number of rotatable bonds is 3. The number of aliphatic carboxylic acids is 1. The van der Waals surface area contributed by atoms with Gasteiger partial charge in [0.1, 0.15) is 24.4 Å². The average Bonchev–Trinajstić information content (AvgIpc) is 3.11. The monoisotopic (exact) mass is 449 g/mol. The highest BCUT2D eigenvalue weighted by Gasteiger charge is 2.64. The first-order valence-corrected chi connectivity index (χ1v) is 11.2. The summed E-state index contributed by atoms with van der Waals surface area (Å²) in [5.41, 5.74) is 1.84. The Balaban J connectivity index is 1.39. The van der Waals surface area contributed by atoms with E-state index in [-0.39, 0.29) is 11.2 Å². The van der Waals surface area contributed by atoms with Gasteiger partial charge in [-0.3, -0.25) is 0 Å². The maximum Gasteiger partial charge on any atom is 0.335 e. The molecule has 10 atom stereocenters. The largest absolute Gasteiger partial charge is 0.483 e. The van der Waals surface area contributed by atoms with Crippen LogP contribution in [-0.2, 0) is 21.4 Å². The van der Waals surface area contributed by atoms with Crippen molar-refractivity contribution in [2.75, 3.05) is 6.54 Å². The topological polar surface area (TPSA) is 158 Å². The van der Waals surface area contributed by atoms with Crippen LogP contribution in [0.2, 0.25) is 0 Å². The molecule has 0 amide bonds. The van der Waals surface area contributed by atoms with Gasteiger partial charge in [0.25, 0.3) is 0 Å². The molecule has 3 aliphatic heterocycles. The van der Waals surface area contributed by atoms with Gasteiger partial charge < -0.3 is 45.1 Å². The summed E-state index contributed by atoms with van der Waals surface area (Å²) in [6.45, 7) is 0.826. The SMILES string of the molecule is O=C(O)C1OC(Oc2ccc3c4c2O[C@H]2[C@@H](O)CCC5C(C3)NCCC452)C(O)C(O)C1O. The molecule has 2 bridgehead atoms. The van der Waals surface area contributed by atoms with Crippen LogP contribution in [0.3, 0.4) is 0 Å². The Morgan fingerprint density at radius 2 is 1.94 bits per heavy atom. The molecule has 1 spiro atoms. The fourth-order valence-corrected chi connectivity index (χ4v) is 6.79. The molecule has 5 aliphatic rings. The predicted octanol–water partition coefficient (Wildman–Crippen LogP) is -1.35. The molecule has 0 aromatic heterocycles. The molecular weight excluding hydrogens is 422 g/mol. The van der Waals surface area contributed by atoms with E-state index >= 15 is 0 Å². The van der Waals surface area contributed by atoms with Crippen molar-refractivity contribution >= 4 is 5.97 Å². The number of carbonyl (C=O) groups is 1. The minimum atomic E-state index is -1.79. The number of nitrogens with one attached hydrogen (secondary N) is 1. The van der Waals surface area contributed by atoms with Crippen molar-refractivity contribution in [3.05, 3.63) is 23.3 Å². The summed E-state index contributed by atoms with van der Waals surface area (Å²) in [7, 11) is 0. The second-order valence-corrected chi connectivity index (χ2v) is 9.62. The van der Waals surface area contributed by atoms with E-state index in [4.69, 9.17) is 14.2 Å². The zero-order chi connectivity index (χ0) is 22.4. The van der Waals surface area contributed by atoms with Crippen molar-refractivity contribution in [1.82, 2.24) is 5.32 Å². The molecule has 1 saturated carbocycles. The van der Waals surface area contributed by atoms with Crippen LogP contribution in [0, 0.1) is 5.92 Å². The fraction of sp³-hybridized carbons (Fsp3) is 0.682. The molecule has 3 fully saturated rings. The second kappa shape index (κ2) is 7.02. The van der Waals surface area contributed by atoms with E-state index < -0.39 is 48.9 Å². The van der Waals surface area contributed by atoms with Gasteiger partial charge in [-0.25, -0.2) is 4.79 Å². The minimum absolute atomic E-state index is 0.257. The number of aliphatic hydroxyl groups is 4. The van der Waals surface area contributed by atoms with Crippen molar-refractivity contribution in [2.24, 2.45) is 5.92 Å². The van der Waals surface area contributed by atoms with E-state index in [9.17, 15) is 30.3 Å². The number of aliphatic hydroxyl groups excluding tert-OH is 4. The van der Waals surface area contributed by atoms with Crippen molar-refractivity contribution < 1.29 is 44.5 Å². The van der Waals surface area contributed by atoms with Gasteiger partial charge in [0.05, 0.1) is 6.10 Å². The Morgan fingerprint density at radius 3 is 2.72 bits per heavy atom. The summed E-state index contributed by atoms with van der Waals surface area (Å²) >= 11 is 0. The van der Waals surface area contributed by atoms with E-state index in [1.54, 1.807) is 6.07 Å². The summed E-state index contributed by atoms with van der Waals surface area (Å²) in [5, 5.41) is 54.2. The van der Waals surface area contributed by atoms with E-state index in [0.717, 1.165) is 36.9 Å². The Bertz CT molecular complexity index is 956. The maximum atomic E-state index is 11.4. The number of ether oxygens (including phenoxy) is 3. The molecule has 10 nitrogen and oxygen atoms in total. The molecule has 174 valence electrons. The fourth-order valence-electron chi connectivity index (χ4n) is 6.79. The molecule has 32 heavy (non-hydrogen) atoms. The first kappa shape index (κ1) is 20.6. The number of carboxylic acids is 1. The van der Waals surface area contributed by atoms with Gasteiger partial charge in [-0.05, 0) is 49.8 Å². The zero-order valence-corrected chi connectivity index (χ0v) is 17.3. The number of piperidine rings is 1. The summed E-state index contributed by atoms with van der Waals surface area (Å²) in [5.74, 6) is -0.396. The van der Waals surface area contributed by atoms with Gasteiger partial charge in [0, 0.05) is 17.0 Å². The summed E-state index contributed by atoms with van der Waals surface area (Å²) in [4.78, 5) is 11.4. The van der Waals surface area contributed by atoms with Crippen molar-refractivity contribution in [3.63, 3.8) is 0 Å². The van der Waals surface area contributed by atoms with Gasteiger partial charge in [0.2, 0.25) is 6.29 Å². The highest BCUT2D eigenvalue weighted by atomic mass is 16.7. The Kier molecular flexibility index (Phi) is 4.53. The van der Waals surface area contributed by atoms with Gasteiger partial charge in [-0.2, -0.15) is 0 Å². The lowest BCUT2D eigenvalue weighted by Crippen LogP contribution is -2.66. The highest BCUT2D eigenvalue weighted by Crippen LogP contribution is 2.62. The van der Waals surface area contributed by atoms with E-state index in [1.807, 2.05) is 6.07 Å². The van der Waals surface area contributed by atoms with Crippen LogP contribution in [0.4, 0.5) is 0 Å². The van der Waals surface area contributed by atoms with Gasteiger partial charge in [-0.1, -0.05) is 6.07 Å². The molecule has 1 aromatic carbocycles. The third kappa shape index (κ3) is 2.59. The van der Waals surface area contributed by atoms with Crippen molar-refractivity contribution in [1.29, 1.82) is 0 Å². The van der Waals surface area contributed by atoms with E-state index in [2.05, 4.69) is 5.32 Å². The van der Waals surface area contributed by atoms with Crippen LogP contribution in [0.15, 0.2) is 12.1 Å². The molecule has 10 heteroatoms. The van der Waals surface area contributed by atoms with Crippen molar-refractivity contribution in [2.45, 2.75) is 80.1 Å². The second-order valence-electron chi connectivity index (χ2n) is 9.62. The van der Waals surface area contributed by atoms with Gasteiger partial charge >= 0.3 is 5.97 Å². The standard InChI is InChI=1S/C22H27NO9/c24-11-3-2-9-10-7-8-1-4-12(17-13(8)22(9,5-6-23-10)19(11)31-17)30-21-16(27)14(25)15(26)18(32-21)20(28)29/h1,4,9-11,14-16,18-19,21,23-27H,2-3,5-7H2,(H,28,29)/t9?,10?,11-,14?,15?,16?,18?,19-,21?,22?/m0/s1. The summed E-state index contributed by atoms with van der Waals surface area (Å²) in [6.07, 6.45) is -6.25. The van der Waals surface area contributed by atoms with Crippen LogP contribution in [0.25, 0.3) is 0 Å². The quantitative estimate of drug-likeness (QED) is 0.326. The smallest absolute Gasteiger partial charge is 0.335 e. The maximum absolute atomic E-state index is 11.4. The molecule has 0 radical (unpaired) electrons. The Hall–Kier alpha value is -1.95. The van der Waals surface area contributed by atoms with Crippen LogP contribution < -0.4 is 14.8 Å².